The zero-order chi connectivity index (χ0) is 14.1. The molecule has 1 fully saturated rings. The Morgan fingerprint density at radius 2 is 2.15 bits per heavy atom. The number of benzene rings is 1. The molecule has 0 radical (unpaired) electrons. The van der Waals surface area contributed by atoms with Crippen LogP contribution in [0.3, 0.4) is 0 Å². The van der Waals surface area contributed by atoms with E-state index in [9.17, 15) is 9.90 Å². The Morgan fingerprint density at radius 3 is 2.85 bits per heavy atom. The minimum absolute atomic E-state index is 0.567. The van der Waals surface area contributed by atoms with E-state index in [1.165, 1.54) is 0 Å². The molecule has 1 aliphatic heterocycles. The fraction of sp³-hybridized carbons (Fsp3) is 0.357. The summed E-state index contributed by atoms with van der Waals surface area (Å²) in [5.41, 5.74) is 1.62. The van der Waals surface area contributed by atoms with Crippen LogP contribution in [-0.2, 0) is 9.53 Å². The van der Waals surface area contributed by atoms with E-state index in [0.717, 1.165) is 16.5 Å². The second-order valence-corrected chi connectivity index (χ2v) is 5.26. The van der Waals surface area contributed by atoms with Crippen molar-refractivity contribution in [3.63, 3.8) is 0 Å². The van der Waals surface area contributed by atoms with E-state index in [4.69, 9.17) is 16.3 Å². The van der Waals surface area contributed by atoms with Gasteiger partial charge in [-0.15, -0.1) is 0 Å². The van der Waals surface area contributed by atoms with Crippen molar-refractivity contribution in [2.45, 2.75) is 6.04 Å². The first-order valence-corrected chi connectivity index (χ1v) is 6.86. The number of carboxylic acids is 1. The minimum Gasteiger partial charge on any atom is -0.480 e. The molecule has 1 atom stereocenters. The number of hydrogen-bond donors (Lipinski definition) is 2. The Balaban J connectivity index is 2.02. The van der Waals surface area contributed by atoms with Gasteiger partial charge in [-0.2, -0.15) is 0 Å². The average Bonchev–Trinajstić information content (AvgIpc) is 2.83. The molecular formula is C14H15ClN2O3. The van der Waals surface area contributed by atoms with Crippen LogP contribution in [0, 0.1) is 0 Å². The predicted octanol–water partition coefficient (Wildman–Crippen LogP) is 2.28. The summed E-state index contributed by atoms with van der Waals surface area (Å²) < 4.78 is 5.29. The minimum atomic E-state index is -0.845. The van der Waals surface area contributed by atoms with Crippen LogP contribution in [0.5, 0.6) is 0 Å². The fourth-order valence-electron chi connectivity index (χ4n) is 2.67. The summed E-state index contributed by atoms with van der Waals surface area (Å²) in [5.74, 6) is -0.845. The maximum absolute atomic E-state index is 11.7. The molecule has 0 amide bonds. The summed E-state index contributed by atoms with van der Waals surface area (Å²) in [6, 6.07) is 4.78. The van der Waals surface area contributed by atoms with E-state index in [1.54, 1.807) is 18.3 Å². The van der Waals surface area contributed by atoms with Crippen LogP contribution in [-0.4, -0.2) is 47.3 Å². The lowest BCUT2D eigenvalue weighted by Gasteiger charge is -2.31. The predicted molar refractivity (Wildman–Crippen MR) is 76.1 cm³/mol. The molecule has 106 valence electrons. The van der Waals surface area contributed by atoms with Crippen molar-refractivity contribution in [1.29, 1.82) is 0 Å². The highest BCUT2D eigenvalue weighted by atomic mass is 35.5. The summed E-state index contributed by atoms with van der Waals surface area (Å²) in [7, 11) is 0. The van der Waals surface area contributed by atoms with Crippen LogP contribution in [0.1, 0.15) is 11.6 Å². The molecule has 2 heterocycles. The van der Waals surface area contributed by atoms with Crippen LogP contribution < -0.4 is 0 Å². The molecule has 0 saturated carbocycles. The average molecular weight is 295 g/mol. The molecule has 1 saturated heterocycles. The lowest BCUT2D eigenvalue weighted by atomic mass is 10.0. The number of ether oxygens (including phenoxy) is 1. The van der Waals surface area contributed by atoms with E-state index < -0.39 is 12.0 Å². The highest BCUT2D eigenvalue weighted by molar-refractivity contribution is 6.31. The van der Waals surface area contributed by atoms with Crippen LogP contribution in [0.15, 0.2) is 24.4 Å². The zero-order valence-corrected chi connectivity index (χ0v) is 11.6. The standard InChI is InChI=1S/C14H15ClN2O3/c15-9-1-2-10-11(8-16-12(10)7-9)13(14(18)19)17-3-5-20-6-4-17/h1-2,7-8,13,16H,3-6H2,(H,18,19)/t13-/m1/s1. The number of aliphatic carboxylic acids is 1. The van der Waals surface area contributed by atoms with Gasteiger partial charge in [0.25, 0.3) is 0 Å². The summed E-state index contributed by atoms with van der Waals surface area (Å²) in [6.07, 6.45) is 1.76. The molecule has 1 aromatic heterocycles. The van der Waals surface area contributed by atoms with E-state index in [-0.39, 0.29) is 0 Å². The number of H-pyrrole nitrogens is 1. The number of hydrogen-bond acceptors (Lipinski definition) is 3. The Bertz CT molecular complexity index is 634. The largest absolute Gasteiger partial charge is 0.480 e. The molecule has 5 nitrogen and oxygen atoms in total. The summed E-state index contributed by atoms with van der Waals surface area (Å²) >= 11 is 5.96. The monoisotopic (exact) mass is 294 g/mol. The van der Waals surface area contributed by atoms with Gasteiger partial charge in [-0.3, -0.25) is 9.69 Å². The zero-order valence-electron chi connectivity index (χ0n) is 10.8. The Morgan fingerprint density at radius 1 is 1.40 bits per heavy atom. The molecule has 3 rings (SSSR count). The van der Waals surface area contributed by atoms with E-state index in [2.05, 4.69) is 4.98 Å². The van der Waals surface area contributed by atoms with Gasteiger partial charge in [-0.05, 0) is 12.1 Å². The SMILES string of the molecule is O=C(O)[C@@H](c1c[nH]c2cc(Cl)ccc12)N1CCOCC1. The van der Waals surface area contributed by atoms with Crippen molar-refractivity contribution < 1.29 is 14.6 Å². The summed E-state index contributed by atoms with van der Waals surface area (Å²) in [5, 5.41) is 11.1. The summed E-state index contributed by atoms with van der Waals surface area (Å²) in [4.78, 5) is 16.7. The number of fused-ring (bicyclic) bond motifs is 1. The molecule has 0 bridgehead atoms. The number of halogens is 1. The van der Waals surface area contributed by atoms with Crippen molar-refractivity contribution >= 4 is 28.5 Å². The lowest BCUT2D eigenvalue weighted by molar-refractivity contribution is -0.145. The molecule has 2 aromatic rings. The molecule has 0 aliphatic carbocycles. The lowest BCUT2D eigenvalue weighted by Crippen LogP contribution is -2.42. The fourth-order valence-corrected chi connectivity index (χ4v) is 2.84. The second-order valence-electron chi connectivity index (χ2n) is 4.82. The smallest absolute Gasteiger partial charge is 0.325 e. The first kappa shape index (κ1) is 13.4. The van der Waals surface area contributed by atoms with Gasteiger partial charge >= 0.3 is 5.97 Å². The number of rotatable bonds is 3. The maximum Gasteiger partial charge on any atom is 0.325 e. The van der Waals surface area contributed by atoms with Crippen molar-refractivity contribution in [1.82, 2.24) is 9.88 Å². The summed E-state index contributed by atoms with van der Waals surface area (Å²) in [6.45, 7) is 2.38. The van der Waals surface area contributed by atoms with E-state index in [0.29, 0.717) is 31.3 Å². The van der Waals surface area contributed by atoms with Gasteiger partial charge in [-0.1, -0.05) is 17.7 Å². The Hall–Kier alpha value is -1.56. The third kappa shape index (κ3) is 2.40. The number of aromatic amines is 1. The number of carbonyl (C=O) groups is 1. The van der Waals surface area contributed by atoms with Crippen LogP contribution in [0.25, 0.3) is 10.9 Å². The second kappa shape index (κ2) is 5.44. The van der Waals surface area contributed by atoms with Crippen molar-refractivity contribution in [2.24, 2.45) is 0 Å². The normalized spacial score (nSPS) is 18.2. The number of nitrogens with one attached hydrogen (secondary N) is 1. The van der Waals surface area contributed by atoms with Gasteiger partial charge in [0.05, 0.1) is 13.2 Å². The molecule has 0 spiro atoms. The molecule has 2 N–H and O–H groups in total. The first-order valence-electron chi connectivity index (χ1n) is 6.48. The number of aromatic nitrogens is 1. The van der Waals surface area contributed by atoms with Gasteiger partial charge in [0.2, 0.25) is 0 Å². The van der Waals surface area contributed by atoms with E-state index in [1.807, 2.05) is 11.0 Å². The molecule has 20 heavy (non-hydrogen) atoms. The molecule has 6 heteroatoms. The Kier molecular flexibility index (Phi) is 3.65. The topological polar surface area (TPSA) is 65.6 Å². The van der Waals surface area contributed by atoms with Crippen LogP contribution in [0.4, 0.5) is 0 Å². The Labute approximate surface area is 121 Å². The first-order chi connectivity index (χ1) is 9.66. The number of carboxylic acid groups (broad SMARTS) is 1. The highest BCUT2D eigenvalue weighted by Crippen LogP contribution is 2.30. The van der Waals surface area contributed by atoms with E-state index >= 15 is 0 Å². The van der Waals surface area contributed by atoms with Crippen LogP contribution in [0.2, 0.25) is 5.02 Å². The van der Waals surface area contributed by atoms with Crippen molar-refractivity contribution in [2.75, 3.05) is 26.3 Å². The number of morpholine rings is 1. The van der Waals surface area contributed by atoms with Gasteiger partial charge < -0.3 is 14.8 Å². The van der Waals surface area contributed by atoms with Crippen molar-refractivity contribution in [3.05, 3.63) is 35.0 Å². The van der Waals surface area contributed by atoms with Gasteiger partial charge in [0, 0.05) is 40.8 Å². The van der Waals surface area contributed by atoms with Gasteiger partial charge in [0.1, 0.15) is 6.04 Å². The molecule has 0 unspecified atom stereocenters. The van der Waals surface area contributed by atoms with Gasteiger partial charge in [0.15, 0.2) is 0 Å². The molecular weight excluding hydrogens is 280 g/mol. The maximum atomic E-state index is 11.7. The van der Waals surface area contributed by atoms with Crippen molar-refractivity contribution in [3.8, 4) is 0 Å². The van der Waals surface area contributed by atoms with Crippen LogP contribution >= 0.6 is 11.6 Å². The molecule has 1 aliphatic rings. The quantitative estimate of drug-likeness (QED) is 0.911. The number of nitrogens with zero attached hydrogens (tertiary/aromatic N) is 1. The van der Waals surface area contributed by atoms with Gasteiger partial charge in [-0.25, -0.2) is 0 Å². The molecule has 1 aromatic carbocycles. The third-order valence-electron chi connectivity index (χ3n) is 3.62. The third-order valence-corrected chi connectivity index (χ3v) is 3.85. The highest BCUT2D eigenvalue weighted by Gasteiger charge is 2.30.